The number of aliphatic hydroxyl groups excluding tert-OH is 7. The quantitative estimate of drug-likeness (QED) is 0.119. The standard InChI is InChI=1S/C27H30O17/c28-6-14-17(34)19(36)21(38)26(41-14)43-24-15(7-29)42-27(22(39)20(24)37)44-25-18(35)16-12(33)4-9(30)5-13(16)40-23(25)8-1-2-10(31)11(32)3-8/h1-5,14-15,17,19-22,24,26-34,36-39H,6-7H2/t14?,15?,17-,19?,20?,21-,22?,24+,26+,27+/m1/s1. The lowest BCUT2D eigenvalue weighted by molar-refractivity contribution is -0.352. The largest absolute Gasteiger partial charge is 0.508 e. The van der Waals surface area contributed by atoms with Gasteiger partial charge in [-0.25, -0.2) is 0 Å². The summed E-state index contributed by atoms with van der Waals surface area (Å²) >= 11 is 0. The van der Waals surface area contributed by atoms with Gasteiger partial charge in [-0.05, 0) is 18.2 Å². The molecule has 2 aliphatic heterocycles. The number of fused-ring (bicyclic) bond motifs is 1. The van der Waals surface area contributed by atoms with Gasteiger partial charge in [0.1, 0.15) is 71.3 Å². The summed E-state index contributed by atoms with van der Waals surface area (Å²) in [6.45, 7) is -1.67. The second-order valence-electron chi connectivity index (χ2n) is 10.3. The Bertz CT molecular complexity index is 1550. The van der Waals surface area contributed by atoms with E-state index in [1.54, 1.807) is 0 Å². The maximum atomic E-state index is 13.6. The van der Waals surface area contributed by atoms with Crippen molar-refractivity contribution >= 4 is 11.0 Å². The zero-order chi connectivity index (χ0) is 32.0. The van der Waals surface area contributed by atoms with Crippen molar-refractivity contribution in [2.45, 2.75) is 61.4 Å². The average molecular weight is 627 g/mol. The van der Waals surface area contributed by atoms with E-state index in [9.17, 15) is 61.0 Å². The molecule has 2 aromatic carbocycles. The van der Waals surface area contributed by atoms with Crippen molar-refractivity contribution in [3.63, 3.8) is 0 Å². The van der Waals surface area contributed by atoms with E-state index in [2.05, 4.69) is 0 Å². The van der Waals surface area contributed by atoms with Crippen molar-refractivity contribution in [3.8, 4) is 40.1 Å². The van der Waals surface area contributed by atoms with E-state index in [0.717, 1.165) is 24.3 Å². The average Bonchev–Trinajstić information content (AvgIpc) is 2.98. The Balaban J connectivity index is 1.49. The molecule has 5 rings (SSSR count). The molecule has 2 aliphatic rings. The molecule has 2 fully saturated rings. The minimum absolute atomic E-state index is 0.0504. The lowest BCUT2D eigenvalue weighted by Crippen LogP contribution is -2.65. The molecule has 0 aliphatic carbocycles. The van der Waals surface area contributed by atoms with Gasteiger partial charge in [-0.1, -0.05) is 0 Å². The van der Waals surface area contributed by atoms with Gasteiger partial charge in [0.25, 0.3) is 0 Å². The first-order valence-electron chi connectivity index (χ1n) is 13.2. The van der Waals surface area contributed by atoms with E-state index < -0.39 is 120 Å². The maximum absolute atomic E-state index is 13.6. The van der Waals surface area contributed by atoms with Crippen molar-refractivity contribution < 1.29 is 79.5 Å². The lowest BCUT2D eigenvalue weighted by atomic mass is 9.97. The molecule has 0 saturated carbocycles. The number of aromatic hydroxyl groups is 4. The molecule has 17 nitrogen and oxygen atoms in total. The molecule has 5 unspecified atom stereocenters. The van der Waals surface area contributed by atoms with Crippen LogP contribution in [0.25, 0.3) is 22.3 Å². The summed E-state index contributed by atoms with van der Waals surface area (Å²) in [5.74, 6) is -3.44. The normalized spacial score (nSPS) is 32.5. The maximum Gasteiger partial charge on any atom is 0.239 e. The third-order valence-electron chi connectivity index (χ3n) is 7.35. The SMILES string of the molecule is O=c1c(O[C@@H]2OC(CO)[C@H](O[C@@H]3OC(CO)[C@@H](O)C(O)[C@H]3O)C(O)C2O)c(-c2ccc(O)c(O)c2)oc2cc(O)cc(O)c12. The van der Waals surface area contributed by atoms with Crippen LogP contribution in [0.15, 0.2) is 39.5 Å². The van der Waals surface area contributed by atoms with Crippen LogP contribution < -0.4 is 10.2 Å². The fraction of sp³-hybridized carbons (Fsp3) is 0.444. The van der Waals surface area contributed by atoms with Gasteiger partial charge in [-0.2, -0.15) is 0 Å². The molecule has 1 aromatic heterocycles. The molecule has 17 heteroatoms. The van der Waals surface area contributed by atoms with Crippen molar-refractivity contribution in [2.75, 3.05) is 13.2 Å². The molecule has 240 valence electrons. The Labute approximate surface area is 246 Å². The number of phenolic OH excluding ortho intramolecular Hbond substituents is 4. The summed E-state index contributed by atoms with van der Waals surface area (Å²) in [6, 6.07) is 5.17. The summed E-state index contributed by atoms with van der Waals surface area (Å²) in [5.41, 5.74) is -1.41. The predicted molar refractivity (Wildman–Crippen MR) is 142 cm³/mol. The Morgan fingerprint density at radius 3 is 2.02 bits per heavy atom. The van der Waals surface area contributed by atoms with Crippen LogP contribution in [0.1, 0.15) is 0 Å². The van der Waals surface area contributed by atoms with E-state index in [0.29, 0.717) is 0 Å². The fourth-order valence-electron chi connectivity index (χ4n) is 5.00. The van der Waals surface area contributed by atoms with E-state index in [-0.39, 0.29) is 11.1 Å². The second-order valence-corrected chi connectivity index (χ2v) is 10.3. The Kier molecular flexibility index (Phi) is 8.87. The molecule has 0 spiro atoms. The highest BCUT2D eigenvalue weighted by Crippen LogP contribution is 2.39. The van der Waals surface area contributed by atoms with Gasteiger partial charge in [-0.3, -0.25) is 4.79 Å². The highest BCUT2D eigenvalue weighted by molar-refractivity contribution is 5.88. The zero-order valence-corrected chi connectivity index (χ0v) is 22.4. The molecular weight excluding hydrogens is 596 g/mol. The second kappa shape index (κ2) is 12.3. The highest BCUT2D eigenvalue weighted by Gasteiger charge is 2.51. The topological polar surface area (TPSA) is 290 Å². The molecule has 44 heavy (non-hydrogen) atoms. The van der Waals surface area contributed by atoms with Crippen LogP contribution in [0.2, 0.25) is 0 Å². The van der Waals surface area contributed by atoms with Gasteiger partial charge >= 0.3 is 0 Å². The molecular formula is C27H30O17. The smallest absolute Gasteiger partial charge is 0.239 e. The van der Waals surface area contributed by atoms with Crippen LogP contribution in [0.4, 0.5) is 0 Å². The number of phenols is 4. The monoisotopic (exact) mass is 626 g/mol. The Morgan fingerprint density at radius 1 is 0.705 bits per heavy atom. The van der Waals surface area contributed by atoms with Crippen molar-refractivity contribution in [3.05, 3.63) is 40.6 Å². The first kappa shape index (κ1) is 31.7. The van der Waals surface area contributed by atoms with Gasteiger partial charge in [0.2, 0.25) is 17.5 Å². The van der Waals surface area contributed by atoms with Crippen molar-refractivity contribution in [1.82, 2.24) is 0 Å². The molecule has 0 bridgehead atoms. The number of ether oxygens (including phenoxy) is 4. The highest BCUT2D eigenvalue weighted by atomic mass is 16.7. The lowest BCUT2D eigenvalue weighted by Gasteiger charge is -2.45. The van der Waals surface area contributed by atoms with Crippen LogP contribution in [0.5, 0.6) is 28.7 Å². The van der Waals surface area contributed by atoms with Crippen LogP contribution >= 0.6 is 0 Å². The fourth-order valence-corrected chi connectivity index (χ4v) is 5.00. The molecule has 10 atom stereocenters. The molecule has 3 aromatic rings. The van der Waals surface area contributed by atoms with Gasteiger partial charge in [0, 0.05) is 17.7 Å². The van der Waals surface area contributed by atoms with Gasteiger partial charge in [0.05, 0.1) is 13.2 Å². The van der Waals surface area contributed by atoms with Crippen LogP contribution in [-0.4, -0.2) is 131 Å². The number of hydrogen-bond donors (Lipinski definition) is 11. The third-order valence-corrected chi connectivity index (χ3v) is 7.35. The number of hydrogen-bond acceptors (Lipinski definition) is 17. The van der Waals surface area contributed by atoms with Crippen LogP contribution in [-0.2, 0) is 14.2 Å². The molecule has 3 heterocycles. The molecule has 0 radical (unpaired) electrons. The van der Waals surface area contributed by atoms with Crippen LogP contribution in [0, 0.1) is 0 Å². The number of aliphatic hydroxyl groups is 7. The third kappa shape index (κ3) is 5.61. The van der Waals surface area contributed by atoms with Crippen molar-refractivity contribution in [2.24, 2.45) is 0 Å². The Hall–Kier alpha value is -3.75. The Morgan fingerprint density at radius 2 is 1.36 bits per heavy atom. The summed E-state index contributed by atoms with van der Waals surface area (Å²) < 4.78 is 27.8. The number of rotatable bonds is 7. The minimum atomic E-state index is -2.04. The first-order chi connectivity index (χ1) is 20.9. The first-order valence-corrected chi connectivity index (χ1v) is 13.2. The summed E-state index contributed by atoms with van der Waals surface area (Å²) in [4.78, 5) is 13.6. The predicted octanol–water partition coefficient (Wildman–Crippen LogP) is -2.71. The number of benzene rings is 2. The summed E-state index contributed by atoms with van der Waals surface area (Å²) in [5, 5.41) is 111. The van der Waals surface area contributed by atoms with Gasteiger partial charge < -0.3 is 79.5 Å². The molecule has 0 amide bonds. The summed E-state index contributed by atoms with van der Waals surface area (Å²) in [7, 11) is 0. The van der Waals surface area contributed by atoms with Gasteiger partial charge in [-0.15, -0.1) is 0 Å². The summed E-state index contributed by atoms with van der Waals surface area (Å²) in [6.07, 6.45) is -17.7. The van der Waals surface area contributed by atoms with E-state index in [1.807, 2.05) is 0 Å². The molecule has 11 N–H and O–H groups in total. The van der Waals surface area contributed by atoms with E-state index in [4.69, 9.17) is 23.4 Å². The molecule has 2 saturated heterocycles. The van der Waals surface area contributed by atoms with Crippen LogP contribution in [0.3, 0.4) is 0 Å². The van der Waals surface area contributed by atoms with E-state index >= 15 is 0 Å². The van der Waals surface area contributed by atoms with Gasteiger partial charge in [0.15, 0.2) is 23.5 Å². The minimum Gasteiger partial charge on any atom is -0.508 e. The van der Waals surface area contributed by atoms with E-state index in [1.165, 1.54) is 6.07 Å². The zero-order valence-electron chi connectivity index (χ0n) is 22.4. The van der Waals surface area contributed by atoms with Crippen molar-refractivity contribution in [1.29, 1.82) is 0 Å².